The molecule has 1 amide bonds. The number of halogens is 1. The molecule has 34 heavy (non-hydrogen) atoms. The zero-order chi connectivity index (χ0) is 24.3. The van der Waals surface area contributed by atoms with Crippen LogP contribution in [0.3, 0.4) is 0 Å². The average Bonchev–Trinajstić information content (AvgIpc) is 3.28. The summed E-state index contributed by atoms with van der Waals surface area (Å²) in [5, 5.41) is 4.67. The lowest BCUT2D eigenvalue weighted by atomic mass is 10.0. The number of methoxy groups -OCH3 is 1. The summed E-state index contributed by atoms with van der Waals surface area (Å²) in [6.45, 7) is 0.991. The van der Waals surface area contributed by atoms with Gasteiger partial charge in [0.15, 0.2) is 0 Å². The maximum atomic E-state index is 13.3. The standard InChI is InChI=1S/C24H23FN2O5S2/c1-32-24(29)21-20(16-5-9-18(25)10-6-16)15-33-23(21)26-22(28)17-7-11-19(12-8-17)34(30,31)27-13-3-2-4-14-27/h5-12,15H,2-4,13-14H2,1H3,(H,26,28). The van der Waals surface area contributed by atoms with E-state index in [-0.39, 0.29) is 21.0 Å². The summed E-state index contributed by atoms with van der Waals surface area (Å²) < 4.78 is 45.3. The second kappa shape index (κ2) is 10.0. The molecule has 0 unspecified atom stereocenters. The Bertz CT molecular complexity index is 1300. The number of benzene rings is 2. The first kappa shape index (κ1) is 24.1. The van der Waals surface area contributed by atoms with E-state index in [1.165, 1.54) is 59.9 Å². The first-order valence-corrected chi connectivity index (χ1v) is 13.0. The highest BCUT2D eigenvalue weighted by atomic mass is 32.2. The van der Waals surface area contributed by atoms with E-state index in [1.807, 2.05) is 0 Å². The highest BCUT2D eigenvalue weighted by molar-refractivity contribution is 7.89. The van der Waals surface area contributed by atoms with Crippen LogP contribution in [0.5, 0.6) is 0 Å². The number of nitrogens with one attached hydrogen (secondary N) is 1. The lowest BCUT2D eigenvalue weighted by Gasteiger charge is -2.25. The quantitative estimate of drug-likeness (QED) is 0.491. The normalized spacial score (nSPS) is 14.5. The Hall–Kier alpha value is -3.08. The number of piperidine rings is 1. The third kappa shape index (κ3) is 4.89. The van der Waals surface area contributed by atoms with Gasteiger partial charge in [-0.1, -0.05) is 18.6 Å². The minimum atomic E-state index is -3.60. The highest BCUT2D eigenvalue weighted by Crippen LogP contribution is 2.36. The van der Waals surface area contributed by atoms with Crippen LogP contribution >= 0.6 is 11.3 Å². The van der Waals surface area contributed by atoms with Crippen LogP contribution in [-0.4, -0.2) is 44.8 Å². The molecule has 0 saturated carbocycles. The minimum Gasteiger partial charge on any atom is -0.465 e. The molecule has 1 aliphatic rings. The predicted octanol–water partition coefficient (Wildman–Crippen LogP) is 4.77. The molecule has 1 saturated heterocycles. The second-order valence-corrected chi connectivity index (χ2v) is 10.6. The molecular formula is C24H23FN2O5S2. The van der Waals surface area contributed by atoms with Crippen LogP contribution in [0.15, 0.2) is 58.8 Å². The van der Waals surface area contributed by atoms with Crippen LogP contribution < -0.4 is 5.32 Å². The Morgan fingerprint density at radius 3 is 2.26 bits per heavy atom. The van der Waals surface area contributed by atoms with Crippen LogP contribution in [0, 0.1) is 5.82 Å². The number of carbonyl (C=O) groups is 2. The van der Waals surface area contributed by atoms with Gasteiger partial charge in [0, 0.05) is 29.6 Å². The Morgan fingerprint density at radius 2 is 1.65 bits per heavy atom. The fourth-order valence-corrected chi connectivity index (χ4v) is 6.27. The molecule has 178 valence electrons. The molecule has 1 aromatic heterocycles. The summed E-state index contributed by atoms with van der Waals surface area (Å²) >= 11 is 1.14. The first-order valence-electron chi connectivity index (χ1n) is 10.7. The van der Waals surface area contributed by atoms with Crippen molar-refractivity contribution in [1.82, 2.24) is 4.31 Å². The third-order valence-electron chi connectivity index (χ3n) is 5.63. The van der Waals surface area contributed by atoms with Crippen molar-refractivity contribution in [1.29, 1.82) is 0 Å². The number of rotatable bonds is 6. The molecule has 0 spiro atoms. The maximum absolute atomic E-state index is 13.3. The van der Waals surface area contributed by atoms with Gasteiger partial charge in [-0.05, 0) is 54.8 Å². The summed E-state index contributed by atoms with van der Waals surface area (Å²) in [6.07, 6.45) is 2.69. The van der Waals surface area contributed by atoms with Crippen molar-refractivity contribution in [3.8, 4) is 11.1 Å². The fourth-order valence-electron chi connectivity index (χ4n) is 3.80. The van der Waals surface area contributed by atoms with Gasteiger partial charge in [-0.2, -0.15) is 4.31 Å². The third-order valence-corrected chi connectivity index (χ3v) is 8.44. The average molecular weight is 503 g/mol. The molecule has 0 atom stereocenters. The predicted molar refractivity (Wildman–Crippen MR) is 128 cm³/mol. The molecule has 1 aliphatic heterocycles. The summed E-state index contributed by atoms with van der Waals surface area (Å²) in [6, 6.07) is 11.4. The van der Waals surface area contributed by atoms with E-state index in [2.05, 4.69) is 5.32 Å². The van der Waals surface area contributed by atoms with Crippen molar-refractivity contribution in [3.05, 3.63) is 70.9 Å². The topological polar surface area (TPSA) is 92.8 Å². The van der Waals surface area contributed by atoms with Crippen LogP contribution in [-0.2, 0) is 14.8 Å². The molecular weight excluding hydrogens is 479 g/mol. The number of ether oxygens (including phenoxy) is 1. The van der Waals surface area contributed by atoms with Gasteiger partial charge in [-0.25, -0.2) is 17.6 Å². The van der Waals surface area contributed by atoms with Crippen LogP contribution in [0.25, 0.3) is 11.1 Å². The van der Waals surface area contributed by atoms with Gasteiger partial charge < -0.3 is 10.1 Å². The van der Waals surface area contributed by atoms with E-state index in [0.29, 0.717) is 24.2 Å². The Balaban J connectivity index is 1.57. The number of hydrogen-bond donors (Lipinski definition) is 1. The van der Waals surface area contributed by atoms with Crippen molar-refractivity contribution in [3.63, 3.8) is 0 Å². The van der Waals surface area contributed by atoms with Gasteiger partial charge in [0.25, 0.3) is 5.91 Å². The smallest absolute Gasteiger partial charge is 0.341 e. The SMILES string of the molecule is COC(=O)c1c(-c2ccc(F)cc2)csc1NC(=O)c1ccc(S(=O)(=O)N2CCCCC2)cc1. The summed E-state index contributed by atoms with van der Waals surface area (Å²) in [7, 11) is -2.36. The lowest BCUT2D eigenvalue weighted by Crippen LogP contribution is -2.35. The van der Waals surface area contributed by atoms with Crippen LogP contribution in [0.1, 0.15) is 40.0 Å². The Morgan fingerprint density at radius 1 is 1.00 bits per heavy atom. The number of hydrogen-bond acceptors (Lipinski definition) is 6. The number of nitrogens with zero attached hydrogens (tertiary/aromatic N) is 1. The lowest BCUT2D eigenvalue weighted by molar-refractivity contribution is 0.0603. The molecule has 7 nitrogen and oxygen atoms in total. The van der Waals surface area contributed by atoms with Gasteiger partial charge in [0.05, 0.1) is 12.0 Å². The number of sulfonamides is 1. The van der Waals surface area contributed by atoms with E-state index >= 15 is 0 Å². The monoisotopic (exact) mass is 502 g/mol. The van der Waals surface area contributed by atoms with Crippen LogP contribution in [0.2, 0.25) is 0 Å². The van der Waals surface area contributed by atoms with E-state index < -0.39 is 27.7 Å². The number of esters is 1. The molecule has 1 N–H and O–H groups in total. The Kier molecular flexibility index (Phi) is 7.11. The zero-order valence-electron chi connectivity index (χ0n) is 18.4. The van der Waals surface area contributed by atoms with Crippen molar-refractivity contribution >= 4 is 38.2 Å². The molecule has 2 aromatic carbocycles. The van der Waals surface area contributed by atoms with Crippen molar-refractivity contribution in [2.24, 2.45) is 0 Å². The second-order valence-electron chi connectivity index (χ2n) is 7.80. The molecule has 0 aliphatic carbocycles. The molecule has 2 heterocycles. The number of anilines is 1. The summed E-state index contributed by atoms with van der Waals surface area (Å²) in [5.41, 5.74) is 1.52. The van der Waals surface area contributed by atoms with Crippen molar-refractivity contribution < 1.29 is 27.1 Å². The molecule has 10 heteroatoms. The minimum absolute atomic E-state index is 0.135. The molecule has 1 fully saturated rings. The van der Waals surface area contributed by atoms with Gasteiger partial charge in [-0.15, -0.1) is 11.3 Å². The van der Waals surface area contributed by atoms with E-state index in [4.69, 9.17) is 4.74 Å². The molecule has 0 radical (unpaired) electrons. The molecule has 4 rings (SSSR count). The zero-order valence-corrected chi connectivity index (χ0v) is 20.0. The molecule has 3 aromatic rings. The number of carbonyl (C=O) groups excluding carboxylic acids is 2. The highest BCUT2D eigenvalue weighted by Gasteiger charge is 2.26. The number of thiophene rings is 1. The van der Waals surface area contributed by atoms with E-state index in [1.54, 1.807) is 5.38 Å². The van der Waals surface area contributed by atoms with Gasteiger partial charge in [0.1, 0.15) is 16.4 Å². The van der Waals surface area contributed by atoms with Crippen LogP contribution in [0.4, 0.5) is 9.39 Å². The van der Waals surface area contributed by atoms with Crippen molar-refractivity contribution in [2.45, 2.75) is 24.2 Å². The maximum Gasteiger partial charge on any atom is 0.341 e. The molecule has 0 bridgehead atoms. The van der Waals surface area contributed by atoms with Crippen molar-refractivity contribution in [2.75, 3.05) is 25.5 Å². The first-order chi connectivity index (χ1) is 16.3. The summed E-state index contributed by atoms with van der Waals surface area (Å²) in [4.78, 5) is 25.5. The fraction of sp³-hybridized carbons (Fsp3) is 0.250. The number of amides is 1. The van der Waals surface area contributed by atoms with Gasteiger partial charge in [-0.3, -0.25) is 4.79 Å². The Labute approximate surface area is 201 Å². The van der Waals surface area contributed by atoms with E-state index in [9.17, 15) is 22.4 Å². The van der Waals surface area contributed by atoms with Gasteiger partial charge in [0.2, 0.25) is 10.0 Å². The summed E-state index contributed by atoms with van der Waals surface area (Å²) in [5.74, 6) is -1.55. The largest absolute Gasteiger partial charge is 0.465 e. The van der Waals surface area contributed by atoms with Gasteiger partial charge >= 0.3 is 5.97 Å². The van der Waals surface area contributed by atoms with E-state index in [0.717, 1.165) is 30.6 Å².